The van der Waals surface area contributed by atoms with E-state index in [4.69, 9.17) is 4.74 Å². The van der Waals surface area contributed by atoms with E-state index in [9.17, 15) is 4.79 Å². The highest BCUT2D eigenvalue weighted by Crippen LogP contribution is 2.28. The van der Waals surface area contributed by atoms with E-state index in [2.05, 4.69) is 10.9 Å². The average molecular weight is 192 g/mol. The lowest BCUT2D eigenvalue weighted by Crippen LogP contribution is -2.27. The molecule has 0 saturated heterocycles. The highest BCUT2D eigenvalue weighted by molar-refractivity contribution is 5.82. The smallest absolute Gasteiger partial charge is 0.329 e. The van der Waals surface area contributed by atoms with Crippen LogP contribution >= 0.6 is 0 Å². The molecule has 0 bridgehead atoms. The zero-order valence-corrected chi connectivity index (χ0v) is 7.91. The van der Waals surface area contributed by atoms with Crippen LogP contribution in [0.1, 0.15) is 18.5 Å². The molecular formula is C10H12N2O2. The molecule has 1 heterocycles. The van der Waals surface area contributed by atoms with Crippen molar-refractivity contribution in [3.05, 3.63) is 29.8 Å². The summed E-state index contributed by atoms with van der Waals surface area (Å²) in [6.07, 6.45) is 0. The van der Waals surface area contributed by atoms with Crippen molar-refractivity contribution >= 4 is 11.7 Å². The number of carbonyl (C=O) groups is 1. The molecule has 0 saturated carbocycles. The number of hydrogen-bond acceptors (Lipinski definition) is 4. The quantitative estimate of drug-likeness (QED) is 0.692. The Kier molecular flexibility index (Phi) is 2.37. The molecule has 0 aliphatic carbocycles. The fraction of sp³-hybridized carbons (Fsp3) is 0.300. The molecule has 0 fully saturated rings. The maximum Gasteiger partial charge on any atom is 0.329 e. The van der Waals surface area contributed by atoms with Crippen molar-refractivity contribution in [2.75, 3.05) is 12.0 Å². The van der Waals surface area contributed by atoms with Crippen molar-refractivity contribution in [1.29, 1.82) is 0 Å². The molecule has 2 N–H and O–H groups in total. The van der Waals surface area contributed by atoms with Crippen molar-refractivity contribution in [3.63, 3.8) is 0 Å². The molecule has 0 amide bonds. The minimum atomic E-state index is -0.383. The number of esters is 1. The molecule has 1 unspecified atom stereocenters. The van der Waals surface area contributed by atoms with Gasteiger partial charge in [0.25, 0.3) is 0 Å². The molecule has 1 atom stereocenters. The van der Waals surface area contributed by atoms with E-state index in [0.29, 0.717) is 6.61 Å². The standard InChI is InChI=1S/C10H12N2O2/c1-2-14-10(13)9-7-5-3-4-6-8(7)11-12-9/h3-6,9,11-12H,2H2,1H3. The van der Waals surface area contributed by atoms with E-state index in [-0.39, 0.29) is 12.0 Å². The van der Waals surface area contributed by atoms with Gasteiger partial charge in [0.15, 0.2) is 6.04 Å². The van der Waals surface area contributed by atoms with Crippen LogP contribution in [0.15, 0.2) is 24.3 Å². The minimum absolute atomic E-state index is 0.245. The van der Waals surface area contributed by atoms with Crippen molar-refractivity contribution in [2.24, 2.45) is 0 Å². The molecule has 0 radical (unpaired) electrons. The van der Waals surface area contributed by atoms with Crippen LogP contribution in [0.5, 0.6) is 0 Å². The van der Waals surface area contributed by atoms with Gasteiger partial charge in [-0.1, -0.05) is 18.2 Å². The Morgan fingerprint density at radius 3 is 3.07 bits per heavy atom. The summed E-state index contributed by atoms with van der Waals surface area (Å²) in [4.78, 5) is 11.5. The van der Waals surface area contributed by atoms with Crippen molar-refractivity contribution < 1.29 is 9.53 Å². The van der Waals surface area contributed by atoms with Crippen LogP contribution in [0.4, 0.5) is 5.69 Å². The Balaban J connectivity index is 2.21. The Morgan fingerprint density at radius 2 is 2.29 bits per heavy atom. The first-order chi connectivity index (χ1) is 6.83. The van der Waals surface area contributed by atoms with Crippen LogP contribution in [-0.2, 0) is 9.53 Å². The molecule has 4 nitrogen and oxygen atoms in total. The molecule has 4 heteroatoms. The summed E-state index contributed by atoms with van der Waals surface area (Å²) in [6.45, 7) is 2.20. The lowest BCUT2D eigenvalue weighted by atomic mass is 10.1. The fourth-order valence-corrected chi connectivity index (χ4v) is 1.50. The second-order valence-corrected chi connectivity index (χ2v) is 3.04. The molecule has 1 aliphatic heterocycles. The van der Waals surface area contributed by atoms with Crippen LogP contribution < -0.4 is 10.9 Å². The van der Waals surface area contributed by atoms with E-state index in [1.54, 1.807) is 6.92 Å². The molecule has 1 aromatic rings. The largest absolute Gasteiger partial charge is 0.465 e. The fourth-order valence-electron chi connectivity index (χ4n) is 1.50. The molecule has 74 valence electrons. The van der Waals surface area contributed by atoms with E-state index >= 15 is 0 Å². The van der Waals surface area contributed by atoms with Crippen LogP contribution in [0, 0.1) is 0 Å². The lowest BCUT2D eigenvalue weighted by Gasteiger charge is -2.08. The third-order valence-corrected chi connectivity index (χ3v) is 2.15. The summed E-state index contributed by atoms with van der Waals surface area (Å²) in [7, 11) is 0. The molecular weight excluding hydrogens is 180 g/mol. The summed E-state index contributed by atoms with van der Waals surface area (Å²) in [5.41, 5.74) is 7.69. The zero-order valence-electron chi connectivity index (χ0n) is 7.91. The Bertz CT molecular complexity index is 352. The number of rotatable bonds is 2. The Labute approximate surface area is 82.2 Å². The number of anilines is 1. The predicted octanol–water partition coefficient (Wildman–Crippen LogP) is 1.22. The molecule has 14 heavy (non-hydrogen) atoms. The number of ether oxygens (including phenoxy) is 1. The summed E-state index contributed by atoms with van der Waals surface area (Å²) in [5.74, 6) is -0.245. The monoisotopic (exact) mass is 192 g/mol. The number of fused-ring (bicyclic) bond motifs is 1. The molecule has 1 aromatic carbocycles. The van der Waals surface area contributed by atoms with E-state index < -0.39 is 0 Å². The van der Waals surface area contributed by atoms with Gasteiger partial charge in [0, 0.05) is 5.56 Å². The van der Waals surface area contributed by atoms with E-state index in [1.807, 2.05) is 24.3 Å². The Hall–Kier alpha value is -1.55. The third-order valence-electron chi connectivity index (χ3n) is 2.15. The zero-order chi connectivity index (χ0) is 9.97. The lowest BCUT2D eigenvalue weighted by molar-refractivity contribution is -0.145. The van der Waals surface area contributed by atoms with Crippen molar-refractivity contribution in [2.45, 2.75) is 13.0 Å². The van der Waals surface area contributed by atoms with Gasteiger partial charge in [0.2, 0.25) is 0 Å². The third kappa shape index (κ3) is 1.44. The highest BCUT2D eigenvalue weighted by atomic mass is 16.5. The van der Waals surface area contributed by atoms with Gasteiger partial charge in [-0.15, -0.1) is 0 Å². The van der Waals surface area contributed by atoms with E-state index in [0.717, 1.165) is 11.3 Å². The number of nitrogens with one attached hydrogen (secondary N) is 2. The first-order valence-corrected chi connectivity index (χ1v) is 4.60. The molecule has 0 spiro atoms. The average Bonchev–Trinajstić information content (AvgIpc) is 2.61. The van der Waals surface area contributed by atoms with Crippen LogP contribution in [0.25, 0.3) is 0 Å². The topological polar surface area (TPSA) is 50.4 Å². The number of para-hydroxylation sites is 1. The molecule has 2 rings (SSSR count). The number of carbonyl (C=O) groups excluding carboxylic acids is 1. The van der Waals surface area contributed by atoms with E-state index in [1.165, 1.54) is 0 Å². The van der Waals surface area contributed by atoms with Gasteiger partial charge in [-0.3, -0.25) is 0 Å². The number of hydrazine groups is 1. The van der Waals surface area contributed by atoms with Gasteiger partial charge in [-0.05, 0) is 13.0 Å². The summed E-state index contributed by atoms with van der Waals surface area (Å²) in [6, 6.07) is 7.26. The predicted molar refractivity (Wildman–Crippen MR) is 52.6 cm³/mol. The van der Waals surface area contributed by atoms with Gasteiger partial charge in [0.1, 0.15) is 0 Å². The summed E-state index contributed by atoms with van der Waals surface area (Å²) in [5, 5.41) is 0. The number of benzene rings is 1. The summed E-state index contributed by atoms with van der Waals surface area (Å²) >= 11 is 0. The van der Waals surface area contributed by atoms with Crippen LogP contribution in [0.3, 0.4) is 0 Å². The van der Waals surface area contributed by atoms with Gasteiger partial charge in [-0.2, -0.15) is 0 Å². The van der Waals surface area contributed by atoms with Gasteiger partial charge < -0.3 is 10.2 Å². The molecule has 0 aromatic heterocycles. The maximum absolute atomic E-state index is 11.5. The Morgan fingerprint density at radius 1 is 1.50 bits per heavy atom. The van der Waals surface area contributed by atoms with Crippen molar-refractivity contribution in [3.8, 4) is 0 Å². The first kappa shape index (κ1) is 9.02. The van der Waals surface area contributed by atoms with Gasteiger partial charge in [0.05, 0.1) is 12.3 Å². The van der Waals surface area contributed by atoms with Gasteiger partial charge >= 0.3 is 5.97 Å². The van der Waals surface area contributed by atoms with Crippen LogP contribution in [0.2, 0.25) is 0 Å². The highest BCUT2D eigenvalue weighted by Gasteiger charge is 2.28. The maximum atomic E-state index is 11.5. The second kappa shape index (κ2) is 3.67. The normalized spacial score (nSPS) is 18.5. The van der Waals surface area contributed by atoms with Crippen LogP contribution in [-0.4, -0.2) is 12.6 Å². The molecule has 1 aliphatic rings. The SMILES string of the molecule is CCOC(=O)C1NNc2ccccc21. The number of hydrogen-bond donors (Lipinski definition) is 2. The second-order valence-electron chi connectivity index (χ2n) is 3.04. The van der Waals surface area contributed by atoms with Crippen molar-refractivity contribution in [1.82, 2.24) is 5.43 Å². The summed E-state index contributed by atoms with van der Waals surface area (Å²) < 4.78 is 4.94. The minimum Gasteiger partial charge on any atom is -0.465 e. The first-order valence-electron chi connectivity index (χ1n) is 4.60. The van der Waals surface area contributed by atoms with Gasteiger partial charge in [-0.25, -0.2) is 10.2 Å².